The summed E-state index contributed by atoms with van der Waals surface area (Å²) in [6.07, 6.45) is 7.89. The van der Waals surface area contributed by atoms with Crippen molar-refractivity contribution in [2.45, 2.75) is 64.5 Å². The van der Waals surface area contributed by atoms with Gasteiger partial charge in [0.05, 0.1) is 6.10 Å². The number of hydrogen-bond acceptors (Lipinski definition) is 3. The zero-order valence-corrected chi connectivity index (χ0v) is 17.1. The standard InChI is InChI=1S/C22H30N2O2S/c1-3-13(2)26-19-6-4-16(5-7-19)21(25)24-22(27)23-20-17-9-14-8-15(11-17)12-18(20)10-14/h4-7,13-15,17-18,20H,3,8-12H2,1-2H3,(H2,23,24,25,27)/t13-,14?,15?,17?,18?,20?/m1/s1. The fraction of sp³-hybridized carbons (Fsp3) is 0.636. The summed E-state index contributed by atoms with van der Waals surface area (Å²) in [7, 11) is 0. The van der Waals surface area contributed by atoms with Gasteiger partial charge in [0.1, 0.15) is 5.75 Å². The third kappa shape index (κ3) is 4.13. The molecule has 0 radical (unpaired) electrons. The Labute approximate surface area is 167 Å². The Balaban J connectivity index is 1.31. The Morgan fingerprint density at radius 3 is 2.26 bits per heavy atom. The van der Waals surface area contributed by atoms with E-state index in [1.165, 1.54) is 32.1 Å². The van der Waals surface area contributed by atoms with Crippen LogP contribution in [0.4, 0.5) is 0 Å². The van der Waals surface area contributed by atoms with Gasteiger partial charge in [0, 0.05) is 11.6 Å². The molecule has 5 rings (SSSR count). The quantitative estimate of drug-likeness (QED) is 0.741. The van der Waals surface area contributed by atoms with Crippen LogP contribution < -0.4 is 15.4 Å². The Hall–Kier alpha value is -1.62. The molecule has 146 valence electrons. The van der Waals surface area contributed by atoms with Crippen molar-refractivity contribution in [2.24, 2.45) is 23.7 Å². The lowest BCUT2D eigenvalue weighted by Gasteiger charge is -2.54. The van der Waals surface area contributed by atoms with Gasteiger partial charge < -0.3 is 10.1 Å². The number of carbonyl (C=O) groups is 1. The molecule has 0 aliphatic heterocycles. The molecule has 1 amide bonds. The van der Waals surface area contributed by atoms with Crippen molar-refractivity contribution in [2.75, 3.05) is 0 Å². The fourth-order valence-corrected chi connectivity index (χ4v) is 5.75. The molecule has 0 unspecified atom stereocenters. The van der Waals surface area contributed by atoms with Gasteiger partial charge in [-0.2, -0.15) is 0 Å². The molecule has 4 nitrogen and oxygen atoms in total. The summed E-state index contributed by atoms with van der Waals surface area (Å²) in [6.45, 7) is 4.12. The number of carbonyl (C=O) groups excluding carboxylic acids is 1. The monoisotopic (exact) mass is 386 g/mol. The molecule has 0 saturated heterocycles. The number of nitrogens with one attached hydrogen (secondary N) is 2. The molecule has 2 N–H and O–H groups in total. The van der Waals surface area contributed by atoms with E-state index in [2.05, 4.69) is 17.6 Å². The number of benzene rings is 1. The highest BCUT2D eigenvalue weighted by Crippen LogP contribution is 2.53. The maximum atomic E-state index is 12.5. The minimum absolute atomic E-state index is 0.161. The van der Waals surface area contributed by atoms with Crippen LogP contribution in [-0.4, -0.2) is 23.2 Å². The first-order chi connectivity index (χ1) is 13.0. The van der Waals surface area contributed by atoms with Crippen LogP contribution in [0.2, 0.25) is 0 Å². The van der Waals surface area contributed by atoms with Gasteiger partial charge in [-0.25, -0.2) is 0 Å². The van der Waals surface area contributed by atoms with E-state index >= 15 is 0 Å². The first-order valence-corrected chi connectivity index (χ1v) is 10.8. The molecule has 1 aromatic carbocycles. The first kappa shape index (κ1) is 18.7. The van der Waals surface area contributed by atoms with Crippen molar-refractivity contribution in [3.63, 3.8) is 0 Å². The molecular weight excluding hydrogens is 356 g/mol. The Morgan fingerprint density at radius 1 is 1.11 bits per heavy atom. The molecule has 4 bridgehead atoms. The van der Waals surface area contributed by atoms with Gasteiger partial charge in [0.25, 0.3) is 5.91 Å². The normalized spacial score (nSPS) is 32.0. The number of rotatable bonds is 5. The second kappa shape index (κ2) is 7.78. The molecule has 4 fully saturated rings. The van der Waals surface area contributed by atoms with E-state index in [4.69, 9.17) is 17.0 Å². The van der Waals surface area contributed by atoms with Crippen molar-refractivity contribution in [1.82, 2.24) is 10.6 Å². The maximum absolute atomic E-state index is 12.5. The third-order valence-corrected chi connectivity index (χ3v) is 7.00. The van der Waals surface area contributed by atoms with E-state index in [1.807, 2.05) is 19.1 Å². The van der Waals surface area contributed by atoms with Crippen molar-refractivity contribution in [3.05, 3.63) is 29.8 Å². The molecule has 4 aliphatic rings. The molecule has 4 saturated carbocycles. The summed E-state index contributed by atoms with van der Waals surface area (Å²) in [5.74, 6) is 3.96. The van der Waals surface area contributed by atoms with Gasteiger partial charge in [0.2, 0.25) is 0 Å². The Bertz CT molecular complexity index is 675. The zero-order chi connectivity index (χ0) is 19.0. The molecule has 0 aromatic heterocycles. The Morgan fingerprint density at radius 2 is 1.70 bits per heavy atom. The molecule has 4 aliphatic carbocycles. The SMILES string of the molecule is CC[C@@H](C)Oc1ccc(C(=O)NC(=S)NC2C3CC4CC(C3)CC2C4)cc1. The van der Waals surface area contributed by atoms with Gasteiger partial charge >= 0.3 is 0 Å². The second-order valence-corrected chi connectivity index (χ2v) is 9.15. The van der Waals surface area contributed by atoms with E-state index in [1.54, 1.807) is 12.1 Å². The first-order valence-electron chi connectivity index (χ1n) is 10.4. The highest BCUT2D eigenvalue weighted by Gasteiger charge is 2.48. The van der Waals surface area contributed by atoms with E-state index in [-0.39, 0.29) is 12.0 Å². The van der Waals surface area contributed by atoms with E-state index < -0.39 is 0 Å². The lowest BCUT2D eigenvalue weighted by Crippen LogP contribution is -2.57. The number of amides is 1. The fourth-order valence-electron chi connectivity index (χ4n) is 5.52. The average Bonchev–Trinajstić information content (AvgIpc) is 2.64. The number of thiocarbonyl (C=S) groups is 1. The molecule has 0 spiro atoms. The van der Waals surface area contributed by atoms with Crippen LogP contribution in [-0.2, 0) is 0 Å². The summed E-state index contributed by atoms with van der Waals surface area (Å²) in [5.41, 5.74) is 0.598. The maximum Gasteiger partial charge on any atom is 0.257 e. The van der Waals surface area contributed by atoms with Crippen LogP contribution in [0.25, 0.3) is 0 Å². The van der Waals surface area contributed by atoms with Gasteiger partial charge in [-0.05, 0) is 106 Å². The summed E-state index contributed by atoms with van der Waals surface area (Å²) >= 11 is 5.46. The topological polar surface area (TPSA) is 50.4 Å². The zero-order valence-electron chi connectivity index (χ0n) is 16.2. The largest absolute Gasteiger partial charge is 0.491 e. The number of ether oxygens (including phenoxy) is 1. The smallest absolute Gasteiger partial charge is 0.257 e. The minimum Gasteiger partial charge on any atom is -0.491 e. The van der Waals surface area contributed by atoms with Crippen LogP contribution in [0.15, 0.2) is 24.3 Å². The summed E-state index contributed by atoms with van der Waals surface area (Å²) in [6, 6.07) is 7.71. The third-order valence-electron chi connectivity index (χ3n) is 6.78. The lowest BCUT2D eigenvalue weighted by molar-refractivity contribution is -0.00692. The van der Waals surface area contributed by atoms with Crippen molar-refractivity contribution >= 4 is 23.2 Å². The van der Waals surface area contributed by atoms with Gasteiger partial charge in [-0.3, -0.25) is 10.1 Å². The second-order valence-electron chi connectivity index (χ2n) is 8.75. The molecule has 0 heterocycles. The highest BCUT2D eigenvalue weighted by atomic mass is 32.1. The summed E-state index contributed by atoms with van der Waals surface area (Å²) in [5, 5.41) is 6.82. The molecular formula is C22H30N2O2S. The summed E-state index contributed by atoms with van der Waals surface area (Å²) in [4.78, 5) is 12.5. The van der Waals surface area contributed by atoms with E-state index in [0.29, 0.717) is 16.7 Å². The van der Waals surface area contributed by atoms with Crippen molar-refractivity contribution in [1.29, 1.82) is 0 Å². The van der Waals surface area contributed by atoms with Crippen molar-refractivity contribution < 1.29 is 9.53 Å². The molecule has 5 heteroatoms. The molecule has 1 atom stereocenters. The van der Waals surface area contributed by atoms with Crippen LogP contribution in [0.3, 0.4) is 0 Å². The van der Waals surface area contributed by atoms with Crippen LogP contribution in [0.1, 0.15) is 62.7 Å². The Kier molecular flexibility index (Phi) is 5.40. The number of hydrogen-bond donors (Lipinski definition) is 2. The van der Waals surface area contributed by atoms with Crippen LogP contribution in [0, 0.1) is 23.7 Å². The average molecular weight is 387 g/mol. The van der Waals surface area contributed by atoms with E-state index in [0.717, 1.165) is 35.8 Å². The highest BCUT2D eigenvalue weighted by molar-refractivity contribution is 7.80. The van der Waals surface area contributed by atoms with E-state index in [9.17, 15) is 4.79 Å². The predicted molar refractivity (Wildman–Crippen MR) is 111 cm³/mol. The van der Waals surface area contributed by atoms with Crippen molar-refractivity contribution in [3.8, 4) is 5.75 Å². The van der Waals surface area contributed by atoms with Crippen LogP contribution in [0.5, 0.6) is 5.75 Å². The molecule has 1 aromatic rings. The van der Waals surface area contributed by atoms with Crippen LogP contribution >= 0.6 is 12.2 Å². The van der Waals surface area contributed by atoms with Gasteiger partial charge in [-0.1, -0.05) is 6.92 Å². The minimum atomic E-state index is -0.161. The summed E-state index contributed by atoms with van der Waals surface area (Å²) < 4.78 is 5.76. The van der Waals surface area contributed by atoms with Gasteiger partial charge in [0.15, 0.2) is 5.11 Å². The predicted octanol–water partition coefficient (Wildman–Crippen LogP) is 4.29. The molecule has 27 heavy (non-hydrogen) atoms. The lowest BCUT2D eigenvalue weighted by atomic mass is 9.54. The van der Waals surface area contributed by atoms with Gasteiger partial charge in [-0.15, -0.1) is 0 Å².